The first-order valence-electron chi connectivity index (χ1n) is 8.87. The Kier molecular flexibility index (Phi) is 4.40. The number of anilines is 1. The molecule has 0 aliphatic carbocycles. The summed E-state index contributed by atoms with van der Waals surface area (Å²) < 4.78 is 0. The SMILES string of the molecule is O=C(NCc1ccc2ccccc2c1)c1cccc(N2CCCC2=O)c1. The third-order valence-electron chi connectivity index (χ3n) is 4.76. The van der Waals surface area contributed by atoms with Crippen molar-refractivity contribution in [1.82, 2.24) is 5.32 Å². The van der Waals surface area contributed by atoms with Crippen LogP contribution in [0.2, 0.25) is 0 Å². The molecule has 0 spiro atoms. The molecule has 2 amide bonds. The van der Waals surface area contributed by atoms with Gasteiger partial charge in [0.25, 0.3) is 5.91 Å². The smallest absolute Gasteiger partial charge is 0.251 e. The molecule has 0 atom stereocenters. The quantitative estimate of drug-likeness (QED) is 0.780. The van der Waals surface area contributed by atoms with Gasteiger partial charge in [0.1, 0.15) is 0 Å². The average Bonchev–Trinajstić information content (AvgIpc) is 3.12. The third-order valence-corrected chi connectivity index (χ3v) is 4.76. The van der Waals surface area contributed by atoms with Crippen molar-refractivity contribution in [3.05, 3.63) is 77.9 Å². The largest absolute Gasteiger partial charge is 0.348 e. The Morgan fingerprint density at radius 1 is 0.962 bits per heavy atom. The summed E-state index contributed by atoms with van der Waals surface area (Å²) in [6.07, 6.45) is 1.45. The minimum atomic E-state index is -0.133. The van der Waals surface area contributed by atoms with E-state index < -0.39 is 0 Å². The van der Waals surface area contributed by atoms with Gasteiger partial charge >= 0.3 is 0 Å². The molecular formula is C22H20N2O2. The van der Waals surface area contributed by atoms with E-state index in [-0.39, 0.29) is 11.8 Å². The summed E-state index contributed by atoms with van der Waals surface area (Å²) in [7, 11) is 0. The van der Waals surface area contributed by atoms with E-state index in [2.05, 4.69) is 29.6 Å². The second kappa shape index (κ2) is 7.00. The molecule has 1 saturated heterocycles. The number of hydrogen-bond donors (Lipinski definition) is 1. The van der Waals surface area contributed by atoms with Gasteiger partial charge in [-0.05, 0) is 47.0 Å². The first kappa shape index (κ1) is 16.3. The molecule has 1 fully saturated rings. The highest BCUT2D eigenvalue weighted by molar-refractivity contribution is 5.99. The van der Waals surface area contributed by atoms with Crippen molar-refractivity contribution in [3.63, 3.8) is 0 Å². The van der Waals surface area contributed by atoms with Crippen LogP contribution in [-0.2, 0) is 11.3 Å². The molecule has 0 bridgehead atoms. The van der Waals surface area contributed by atoms with Crippen molar-refractivity contribution in [2.45, 2.75) is 19.4 Å². The first-order valence-corrected chi connectivity index (χ1v) is 8.87. The van der Waals surface area contributed by atoms with E-state index >= 15 is 0 Å². The van der Waals surface area contributed by atoms with Crippen LogP contribution in [0.15, 0.2) is 66.7 Å². The van der Waals surface area contributed by atoms with Gasteiger partial charge in [-0.15, -0.1) is 0 Å². The van der Waals surface area contributed by atoms with Crippen molar-refractivity contribution >= 4 is 28.3 Å². The molecule has 130 valence electrons. The molecule has 26 heavy (non-hydrogen) atoms. The van der Waals surface area contributed by atoms with Gasteiger partial charge in [0.2, 0.25) is 5.91 Å². The number of nitrogens with one attached hydrogen (secondary N) is 1. The van der Waals surface area contributed by atoms with Gasteiger partial charge in [-0.3, -0.25) is 9.59 Å². The van der Waals surface area contributed by atoms with Crippen LogP contribution >= 0.6 is 0 Å². The lowest BCUT2D eigenvalue weighted by molar-refractivity contribution is -0.117. The standard InChI is InChI=1S/C22H20N2O2/c25-21-9-4-12-24(21)20-8-3-7-19(14-20)22(26)23-15-16-10-11-17-5-1-2-6-18(17)13-16/h1-3,5-8,10-11,13-14H,4,9,12,15H2,(H,23,26). The fourth-order valence-corrected chi connectivity index (χ4v) is 3.37. The summed E-state index contributed by atoms with van der Waals surface area (Å²) in [6, 6.07) is 21.6. The van der Waals surface area contributed by atoms with E-state index in [4.69, 9.17) is 0 Å². The zero-order chi connectivity index (χ0) is 17.9. The molecule has 0 radical (unpaired) electrons. The Morgan fingerprint density at radius 3 is 2.62 bits per heavy atom. The van der Waals surface area contributed by atoms with Crippen LogP contribution in [0.25, 0.3) is 10.8 Å². The molecule has 3 aromatic rings. The highest BCUT2D eigenvalue weighted by atomic mass is 16.2. The number of nitrogens with zero attached hydrogens (tertiary/aromatic N) is 1. The van der Waals surface area contributed by atoms with Gasteiger partial charge in [0.15, 0.2) is 0 Å². The molecule has 4 heteroatoms. The van der Waals surface area contributed by atoms with Crippen LogP contribution in [0.4, 0.5) is 5.69 Å². The molecule has 4 nitrogen and oxygen atoms in total. The van der Waals surface area contributed by atoms with E-state index in [0.717, 1.165) is 29.6 Å². The van der Waals surface area contributed by atoms with Crippen LogP contribution in [0, 0.1) is 0 Å². The zero-order valence-electron chi connectivity index (χ0n) is 14.4. The summed E-state index contributed by atoms with van der Waals surface area (Å²) in [5.41, 5.74) is 2.43. The molecule has 1 heterocycles. The molecule has 0 saturated carbocycles. The summed E-state index contributed by atoms with van der Waals surface area (Å²) in [4.78, 5) is 26.2. The molecule has 0 unspecified atom stereocenters. The molecule has 3 aromatic carbocycles. The Hall–Kier alpha value is -3.14. The summed E-state index contributed by atoms with van der Waals surface area (Å²) >= 11 is 0. The zero-order valence-corrected chi connectivity index (χ0v) is 14.4. The number of fused-ring (bicyclic) bond motifs is 1. The molecule has 1 aliphatic rings. The molecule has 1 aliphatic heterocycles. The van der Waals surface area contributed by atoms with Crippen LogP contribution in [-0.4, -0.2) is 18.4 Å². The number of carbonyl (C=O) groups excluding carboxylic acids is 2. The monoisotopic (exact) mass is 344 g/mol. The van der Waals surface area contributed by atoms with Crippen LogP contribution in [0.1, 0.15) is 28.8 Å². The average molecular weight is 344 g/mol. The molecule has 0 aromatic heterocycles. The highest BCUT2D eigenvalue weighted by Crippen LogP contribution is 2.22. The maximum Gasteiger partial charge on any atom is 0.251 e. The van der Waals surface area contributed by atoms with Crippen molar-refractivity contribution in [2.24, 2.45) is 0 Å². The predicted molar refractivity (Wildman–Crippen MR) is 103 cm³/mol. The lowest BCUT2D eigenvalue weighted by Gasteiger charge is -2.16. The molecular weight excluding hydrogens is 324 g/mol. The summed E-state index contributed by atoms with van der Waals surface area (Å²) in [6.45, 7) is 1.19. The van der Waals surface area contributed by atoms with E-state index in [1.807, 2.05) is 30.3 Å². The first-order chi connectivity index (χ1) is 12.7. The Bertz CT molecular complexity index is 981. The van der Waals surface area contributed by atoms with Crippen molar-refractivity contribution < 1.29 is 9.59 Å². The number of benzene rings is 3. The van der Waals surface area contributed by atoms with E-state index in [9.17, 15) is 9.59 Å². The van der Waals surface area contributed by atoms with Gasteiger partial charge in [0, 0.05) is 30.8 Å². The third kappa shape index (κ3) is 3.31. The maximum absolute atomic E-state index is 12.5. The fraction of sp³-hybridized carbons (Fsp3) is 0.182. The van der Waals surface area contributed by atoms with E-state index in [0.29, 0.717) is 18.5 Å². The highest BCUT2D eigenvalue weighted by Gasteiger charge is 2.22. The minimum absolute atomic E-state index is 0.124. The van der Waals surface area contributed by atoms with Crippen LogP contribution < -0.4 is 10.2 Å². The van der Waals surface area contributed by atoms with E-state index in [1.54, 1.807) is 17.0 Å². The Labute approximate surface area is 152 Å². The van der Waals surface area contributed by atoms with Gasteiger partial charge in [-0.25, -0.2) is 0 Å². The van der Waals surface area contributed by atoms with Gasteiger partial charge in [-0.1, -0.05) is 42.5 Å². The Balaban J connectivity index is 1.46. The van der Waals surface area contributed by atoms with Gasteiger partial charge < -0.3 is 10.2 Å². The Morgan fingerprint density at radius 2 is 1.81 bits per heavy atom. The second-order valence-electron chi connectivity index (χ2n) is 6.56. The number of amides is 2. The molecule has 1 N–H and O–H groups in total. The number of rotatable bonds is 4. The van der Waals surface area contributed by atoms with E-state index in [1.165, 1.54) is 5.39 Å². The lowest BCUT2D eigenvalue weighted by Crippen LogP contribution is -2.25. The number of hydrogen-bond acceptors (Lipinski definition) is 2. The topological polar surface area (TPSA) is 49.4 Å². The van der Waals surface area contributed by atoms with Gasteiger partial charge in [0.05, 0.1) is 0 Å². The van der Waals surface area contributed by atoms with Crippen molar-refractivity contribution in [2.75, 3.05) is 11.4 Å². The van der Waals surface area contributed by atoms with Crippen LogP contribution in [0.5, 0.6) is 0 Å². The maximum atomic E-state index is 12.5. The lowest BCUT2D eigenvalue weighted by atomic mass is 10.1. The summed E-state index contributed by atoms with van der Waals surface area (Å²) in [5, 5.41) is 5.31. The van der Waals surface area contributed by atoms with Crippen molar-refractivity contribution in [3.8, 4) is 0 Å². The number of carbonyl (C=O) groups is 2. The fourth-order valence-electron chi connectivity index (χ4n) is 3.37. The van der Waals surface area contributed by atoms with Crippen LogP contribution in [0.3, 0.4) is 0 Å². The normalized spacial score (nSPS) is 14.0. The van der Waals surface area contributed by atoms with Crippen molar-refractivity contribution in [1.29, 1.82) is 0 Å². The minimum Gasteiger partial charge on any atom is -0.348 e. The van der Waals surface area contributed by atoms with Gasteiger partial charge in [-0.2, -0.15) is 0 Å². The second-order valence-corrected chi connectivity index (χ2v) is 6.56. The summed E-state index contributed by atoms with van der Waals surface area (Å²) in [5.74, 6) is -0.00891. The predicted octanol–water partition coefficient (Wildman–Crippen LogP) is 3.90. The molecule has 4 rings (SSSR count).